The lowest BCUT2D eigenvalue weighted by Crippen LogP contribution is -2.43. The van der Waals surface area contributed by atoms with Crippen molar-refractivity contribution >= 4 is 17.6 Å². The van der Waals surface area contributed by atoms with Crippen molar-refractivity contribution in [2.45, 2.75) is 38.3 Å². The van der Waals surface area contributed by atoms with E-state index in [-0.39, 0.29) is 12.6 Å². The van der Waals surface area contributed by atoms with E-state index in [2.05, 4.69) is 0 Å². The third-order valence-electron chi connectivity index (χ3n) is 5.93. The lowest BCUT2D eigenvalue weighted by atomic mass is 10.0. The summed E-state index contributed by atoms with van der Waals surface area (Å²) in [5.74, 6) is -0.101. The van der Waals surface area contributed by atoms with Gasteiger partial charge < -0.3 is 9.64 Å². The van der Waals surface area contributed by atoms with Crippen molar-refractivity contribution in [3.8, 4) is 11.5 Å². The normalized spacial score (nSPS) is 15.9. The molecule has 0 N–H and O–H groups in total. The second-order valence-corrected chi connectivity index (χ2v) is 8.86. The summed E-state index contributed by atoms with van der Waals surface area (Å²) in [7, 11) is 0. The fourth-order valence-corrected chi connectivity index (χ4v) is 3.92. The fourth-order valence-electron chi connectivity index (χ4n) is 3.92. The van der Waals surface area contributed by atoms with E-state index in [4.69, 9.17) is 4.74 Å². The van der Waals surface area contributed by atoms with Gasteiger partial charge in [-0.15, -0.1) is 0 Å². The summed E-state index contributed by atoms with van der Waals surface area (Å²) in [6.45, 7) is 2.54. The van der Waals surface area contributed by atoms with Crippen LogP contribution in [0, 0.1) is 0 Å². The predicted molar refractivity (Wildman–Crippen MR) is 122 cm³/mol. The zero-order chi connectivity index (χ0) is 27.2. The maximum Gasteiger partial charge on any atom is 0.416 e. The van der Waals surface area contributed by atoms with Crippen LogP contribution in [-0.2, 0) is 23.7 Å². The van der Waals surface area contributed by atoms with Crippen LogP contribution in [0.1, 0.15) is 30.5 Å². The van der Waals surface area contributed by atoms with Gasteiger partial charge in [-0.2, -0.15) is 26.3 Å². The average molecular weight is 522 g/mol. The van der Waals surface area contributed by atoms with Gasteiger partial charge >= 0.3 is 18.4 Å². The number of amides is 3. The molecule has 4 rings (SSSR count). The van der Waals surface area contributed by atoms with E-state index in [1.54, 1.807) is 54.6 Å². The highest BCUT2D eigenvalue weighted by Crippen LogP contribution is 2.41. The molecule has 37 heavy (non-hydrogen) atoms. The first-order chi connectivity index (χ1) is 17.2. The van der Waals surface area contributed by atoms with Crippen LogP contribution in [0.25, 0.3) is 0 Å². The average Bonchev–Trinajstić information content (AvgIpc) is 2.98. The van der Waals surface area contributed by atoms with E-state index >= 15 is 0 Å². The Morgan fingerprint density at radius 1 is 0.784 bits per heavy atom. The van der Waals surface area contributed by atoms with E-state index in [9.17, 15) is 35.9 Å². The summed E-state index contributed by atoms with van der Waals surface area (Å²) in [5, 5.41) is 0. The zero-order valence-corrected chi connectivity index (χ0v) is 19.5. The lowest BCUT2D eigenvalue weighted by molar-refractivity contribution is -0.143. The summed E-state index contributed by atoms with van der Waals surface area (Å²) in [5.41, 5.74) is -5.18. The summed E-state index contributed by atoms with van der Waals surface area (Å²) in [4.78, 5) is 28.0. The van der Waals surface area contributed by atoms with E-state index in [0.717, 1.165) is 4.90 Å². The molecule has 0 radical (unpaired) electrons. The van der Waals surface area contributed by atoms with Crippen LogP contribution in [-0.4, -0.2) is 22.4 Å². The molecule has 194 valence electrons. The number of anilines is 1. The first kappa shape index (κ1) is 26.1. The Hall–Kier alpha value is -4.02. The number of urea groups is 1. The standard InChI is InChI=1S/C26H20F6N2O3/c1-24(2)22(35)34(19-13-17(25(27,28)29)12-18(14-19)26(30,31)32)23(36)33(24)15-16-8-6-7-11-21(16)37-20-9-4-3-5-10-20/h3-14H,15H2,1-2H3. The number of para-hydroxylation sites is 2. The lowest BCUT2D eigenvalue weighted by Gasteiger charge is -2.28. The number of carbonyl (C=O) groups excluding carboxylic acids is 2. The molecule has 3 aromatic rings. The molecular weight excluding hydrogens is 502 g/mol. The molecule has 0 aliphatic carbocycles. The minimum Gasteiger partial charge on any atom is -0.457 e. The highest BCUT2D eigenvalue weighted by molar-refractivity contribution is 6.23. The van der Waals surface area contributed by atoms with E-state index in [0.29, 0.717) is 34.1 Å². The second-order valence-electron chi connectivity index (χ2n) is 8.86. The predicted octanol–water partition coefficient (Wildman–Crippen LogP) is 7.26. The van der Waals surface area contributed by atoms with Gasteiger partial charge in [-0.05, 0) is 50.2 Å². The number of hydrogen-bond acceptors (Lipinski definition) is 3. The molecular formula is C26H20F6N2O3. The number of alkyl halides is 6. The van der Waals surface area contributed by atoms with Gasteiger partial charge in [-0.25, -0.2) is 9.69 Å². The van der Waals surface area contributed by atoms with E-state index in [1.165, 1.54) is 13.8 Å². The largest absolute Gasteiger partial charge is 0.457 e. The van der Waals surface area contributed by atoms with Crippen molar-refractivity contribution in [2.75, 3.05) is 4.90 Å². The minimum absolute atomic E-state index is 0.0609. The quantitative estimate of drug-likeness (QED) is 0.262. The fraction of sp³-hybridized carbons (Fsp3) is 0.231. The van der Waals surface area contributed by atoms with Gasteiger partial charge in [-0.1, -0.05) is 36.4 Å². The third kappa shape index (κ3) is 5.11. The number of halogens is 6. The molecule has 1 aliphatic rings. The third-order valence-corrected chi connectivity index (χ3v) is 5.93. The summed E-state index contributed by atoms with van der Waals surface area (Å²) < 4.78 is 86.1. The molecule has 0 unspecified atom stereocenters. The molecule has 3 aromatic carbocycles. The van der Waals surface area contributed by atoms with Gasteiger partial charge in [-0.3, -0.25) is 4.79 Å². The van der Waals surface area contributed by atoms with E-state index < -0.39 is 46.6 Å². The molecule has 1 heterocycles. The Labute approximate surface area is 207 Å². The van der Waals surface area contributed by atoms with Gasteiger partial charge in [0.05, 0.1) is 23.4 Å². The van der Waals surface area contributed by atoms with Crippen LogP contribution in [0.4, 0.5) is 36.8 Å². The van der Waals surface area contributed by atoms with Gasteiger partial charge in [0.25, 0.3) is 5.91 Å². The van der Waals surface area contributed by atoms with Crippen LogP contribution in [0.15, 0.2) is 72.8 Å². The molecule has 0 bridgehead atoms. The molecule has 0 aromatic heterocycles. The van der Waals surface area contributed by atoms with Crippen molar-refractivity contribution in [3.63, 3.8) is 0 Å². The van der Waals surface area contributed by atoms with Crippen LogP contribution in [0.5, 0.6) is 11.5 Å². The topological polar surface area (TPSA) is 49.9 Å². The first-order valence-corrected chi connectivity index (χ1v) is 11.0. The summed E-state index contributed by atoms with van der Waals surface area (Å²) >= 11 is 0. The highest BCUT2D eigenvalue weighted by Gasteiger charge is 2.52. The van der Waals surface area contributed by atoms with Gasteiger partial charge in [0, 0.05) is 5.56 Å². The molecule has 11 heteroatoms. The molecule has 5 nitrogen and oxygen atoms in total. The SMILES string of the molecule is CC1(C)C(=O)N(c2cc(C(F)(F)F)cc(C(F)(F)F)c2)C(=O)N1Cc1ccccc1Oc1ccccc1. The Kier molecular flexibility index (Phi) is 6.43. The number of nitrogens with zero attached hydrogens (tertiary/aromatic N) is 2. The Bertz CT molecular complexity index is 1300. The van der Waals surface area contributed by atoms with Crippen LogP contribution in [0.2, 0.25) is 0 Å². The molecule has 1 fully saturated rings. The van der Waals surface area contributed by atoms with Crippen molar-refractivity contribution in [1.82, 2.24) is 4.90 Å². The molecule has 3 amide bonds. The molecule has 1 aliphatic heterocycles. The van der Waals surface area contributed by atoms with Gasteiger partial charge in [0.2, 0.25) is 0 Å². The number of rotatable bonds is 5. The molecule has 0 atom stereocenters. The minimum atomic E-state index is -5.13. The van der Waals surface area contributed by atoms with Crippen LogP contribution < -0.4 is 9.64 Å². The monoisotopic (exact) mass is 522 g/mol. The molecule has 0 saturated carbocycles. The number of carbonyl (C=O) groups is 2. The Morgan fingerprint density at radius 3 is 1.89 bits per heavy atom. The van der Waals surface area contributed by atoms with E-state index in [1.807, 2.05) is 0 Å². The maximum atomic E-state index is 13.4. The van der Waals surface area contributed by atoms with Crippen molar-refractivity contribution in [2.24, 2.45) is 0 Å². The van der Waals surface area contributed by atoms with Crippen LogP contribution in [0.3, 0.4) is 0 Å². The number of hydrogen-bond donors (Lipinski definition) is 0. The maximum absolute atomic E-state index is 13.4. The highest BCUT2D eigenvalue weighted by atomic mass is 19.4. The molecule has 0 spiro atoms. The number of ether oxygens (including phenoxy) is 1. The second kappa shape index (κ2) is 9.13. The van der Waals surface area contributed by atoms with Crippen molar-refractivity contribution < 1.29 is 40.7 Å². The zero-order valence-electron chi connectivity index (χ0n) is 19.5. The summed E-state index contributed by atoms with van der Waals surface area (Å²) in [6.07, 6.45) is -10.3. The summed E-state index contributed by atoms with van der Waals surface area (Å²) in [6, 6.07) is 15.0. The van der Waals surface area contributed by atoms with Crippen LogP contribution >= 0.6 is 0 Å². The van der Waals surface area contributed by atoms with Crippen molar-refractivity contribution in [1.29, 1.82) is 0 Å². The molecule has 1 saturated heterocycles. The number of benzene rings is 3. The Balaban J connectivity index is 1.72. The smallest absolute Gasteiger partial charge is 0.416 e. The van der Waals surface area contributed by atoms with Crippen molar-refractivity contribution in [3.05, 3.63) is 89.5 Å². The number of imide groups is 1. The first-order valence-electron chi connectivity index (χ1n) is 11.0. The van der Waals surface area contributed by atoms with Gasteiger partial charge in [0.15, 0.2) is 0 Å². The van der Waals surface area contributed by atoms with Gasteiger partial charge in [0.1, 0.15) is 17.0 Å². The Morgan fingerprint density at radius 2 is 1.32 bits per heavy atom.